The molecule has 2 heteroatoms. The van der Waals surface area contributed by atoms with Gasteiger partial charge in [-0.2, -0.15) is 0 Å². The Morgan fingerprint density at radius 1 is 0.846 bits per heavy atom. The molecule has 2 aliphatic rings. The molecule has 0 saturated heterocycles. The molecule has 0 spiro atoms. The van der Waals surface area contributed by atoms with Crippen LogP contribution in [0, 0.1) is 7.43 Å². The monoisotopic (exact) mass is 251 g/mol. The van der Waals surface area contributed by atoms with Crippen LogP contribution < -0.4 is 0 Å². The predicted molar refractivity (Wildman–Crippen MR) is 56.3 cm³/mol. The summed E-state index contributed by atoms with van der Waals surface area (Å²) in [4.78, 5) is 0. The number of hydrogen-bond donors (Lipinski definition) is 0. The minimum atomic E-state index is 0. The second-order valence-corrected chi connectivity index (χ2v) is 3.79. The zero-order chi connectivity index (χ0) is 7.52. The second kappa shape index (κ2) is 7.23. The average Bonchev–Trinajstić information content (AvgIpc) is 2.28. The molecule has 0 N–H and O–H groups in total. The molecular formula is C11H19BY-. The van der Waals surface area contributed by atoms with Crippen LogP contribution in [0.15, 0.2) is 11.0 Å². The molecule has 2 rings (SSSR count). The molecule has 0 nitrogen and oxygen atoms in total. The molecule has 0 fully saturated rings. The summed E-state index contributed by atoms with van der Waals surface area (Å²) in [5.74, 6) is 0. The van der Waals surface area contributed by atoms with Crippen LogP contribution in [0.4, 0.5) is 0 Å². The van der Waals surface area contributed by atoms with E-state index in [0.29, 0.717) is 0 Å². The maximum absolute atomic E-state index is 2.50. The molecule has 1 aliphatic heterocycles. The Kier molecular flexibility index (Phi) is 7.74. The van der Waals surface area contributed by atoms with Crippen molar-refractivity contribution < 1.29 is 32.7 Å². The quantitative estimate of drug-likeness (QED) is 0.456. The van der Waals surface area contributed by atoms with Crippen LogP contribution in [0.3, 0.4) is 0 Å². The van der Waals surface area contributed by atoms with Crippen molar-refractivity contribution in [3.8, 4) is 0 Å². The van der Waals surface area contributed by atoms with Crippen LogP contribution in [0.2, 0.25) is 6.32 Å². The summed E-state index contributed by atoms with van der Waals surface area (Å²) in [6, 6.07) is 0. The molecule has 13 heavy (non-hydrogen) atoms. The summed E-state index contributed by atoms with van der Waals surface area (Å²) in [5.41, 5.74) is 3.53. The first-order valence-electron chi connectivity index (χ1n) is 5.01. The first-order valence-corrected chi connectivity index (χ1v) is 5.01. The van der Waals surface area contributed by atoms with Gasteiger partial charge < -0.3 is 7.43 Å². The van der Waals surface area contributed by atoms with Crippen LogP contribution >= 0.6 is 0 Å². The molecule has 0 aromatic heterocycles. The van der Waals surface area contributed by atoms with Gasteiger partial charge >= 0.3 is 0 Å². The molecule has 0 atom stereocenters. The van der Waals surface area contributed by atoms with Crippen LogP contribution in [0.25, 0.3) is 0 Å². The molecule has 0 unspecified atom stereocenters. The van der Waals surface area contributed by atoms with Crippen molar-refractivity contribution in [1.29, 1.82) is 0 Å². The fourth-order valence-electron chi connectivity index (χ4n) is 2.28. The summed E-state index contributed by atoms with van der Waals surface area (Å²) in [5, 5.41) is 0. The van der Waals surface area contributed by atoms with Crippen LogP contribution in [-0.4, -0.2) is 7.28 Å². The Balaban J connectivity index is 0.000000720. The summed E-state index contributed by atoms with van der Waals surface area (Å²) in [6.07, 6.45) is 11.3. The van der Waals surface area contributed by atoms with Gasteiger partial charge in [-0.25, -0.2) is 0 Å². The van der Waals surface area contributed by atoms with Crippen molar-refractivity contribution in [1.82, 2.24) is 0 Å². The fraction of sp³-hybridized carbons (Fsp3) is 0.727. The molecule has 2 radical (unpaired) electrons. The molecular weight excluding hydrogens is 232 g/mol. The van der Waals surface area contributed by atoms with E-state index in [1.165, 1.54) is 51.3 Å². The summed E-state index contributed by atoms with van der Waals surface area (Å²) in [7, 11) is 2.50. The van der Waals surface area contributed by atoms with Crippen molar-refractivity contribution >= 4 is 7.28 Å². The number of allylic oxidation sites excluding steroid dienone is 2. The smallest absolute Gasteiger partial charge is 0.145 e. The maximum Gasteiger partial charge on any atom is 0.145 e. The van der Waals surface area contributed by atoms with E-state index in [-0.39, 0.29) is 40.1 Å². The van der Waals surface area contributed by atoms with Crippen molar-refractivity contribution in [3.05, 3.63) is 18.5 Å². The van der Waals surface area contributed by atoms with Gasteiger partial charge in [0.05, 0.1) is 0 Å². The average molecular weight is 251 g/mol. The standard InChI is InChI=1S/C10H16B.CH3.Y/c1-2-7-10-9(5-1)6-3-4-8-11-10;;/h1-8H2;1H3;/q;-1;. The van der Waals surface area contributed by atoms with Gasteiger partial charge in [0, 0.05) is 32.7 Å². The number of hydrogen-bond acceptors (Lipinski definition) is 0. The van der Waals surface area contributed by atoms with Gasteiger partial charge in [0.1, 0.15) is 7.28 Å². The Bertz CT molecular complexity index is 157. The second-order valence-electron chi connectivity index (χ2n) is 3.79. The van der Waals surface area contributed by atoms with E-state index in [4.69, 9.17) is 0 Å². The van der Waals surface area contributed by atoms with E-state index in [1.54, 1.807) is 11.0 Å². The van der Waals surface area contributed by atoms with Gasteiger partial charge in [-0.15, -0.1) is 5.47 Å². The minimum absolute atomic E-state index is 0. The van der Waals surface area contributed by atoms with Crippen molar-refractivity contribution in [2.24, 2.45) is 0 Å². The third kappa shape index (κ3) is 3.88. The van der Waals surface area contributed by atoms with Crippen molar-refractivity contribution in [2.75, 3.05) is 0 Å². The van der Waals surface area contributed by atoms with Gasteiger partial charge in [0.2, 0.25) is 0 Å². The van der Waals surface area contributed by atoms with Gasteiger partial charge in [-0.1, -0.05) is 31.2 Å². The zero-order valence-electron chi connectivity index (χ0n) is 8.81. The van der Waals surface area contributed by atoms with Crippen molar-refractivity contribution in [3.63, 3.8) is 0 Å². The molecule has 0 saturated carbocycles. The van der Waals surface area contributed by atoms with E-state index in [0.717, 1.165) is 0 Å². The summed E-state index contributed by atoms with van der Waals surface area (Å²) >= 11 is 0. The molecule has 0 amide bonds. The molecule has 70 valence electrons. The predicted octanol–water partition coefficient (Wildman–Crippen LogP) is 3.57. The SMILES string of the molecule is [B]1CCCCC2=C1CCCC2.[CH3-].[Y]. The Hall–Kier alpha value is 0.909. The summed E-state index contributed by atoms with van der Waals surface area (Å²) < 4.78 is 0. The fourth-order valence-corrected chi connectivity index (χ4v) is 2.28. The van der Waals surface area contributed by atoms with Gasteiger partial charge in [-0.05, 0) is 25.7 Å². The van der Waals surface area contributed by atoms with Crippen molar-refractivity contribution in [2.45, 2.75) is 51.3 Å². The Labute approximate surface area is 109 Å². The minimum Gasteiger partial charge on any atom is -0.358 e. The third-order valence-electron chi connectivity index (χ3n) is 2.95. The van der Waals surface area contributed by atoms with E-state index in [2.05, 4.69) is 7.28 Å². The zero-order valence-corrected chi connectivity index (χ0v) is 11.6. The van der Waals surface area contributed by atoms with Crippen LogP contribution in [0.1, 0.15) is 44.9 Å². The topological polar surface area (TPSA) is 0 Å². The Morgan fingerprint density at radius 3 is 2.23 bits per heavy atom. The third-order valence-corrected chi connectivity index (χ3v) is 2.95. The molecule has 0 bridgehead atoms. The van der Waals surface area contributed by atoms with Crippen LogP contribution in [-0.2, 0) is 32.7 Å². The van der Waals surface area contributed by atoms with E-state index in [1.807, 2.05) is 0 Å². The van der Waals surface area contributed by atoms with E-state index < -0.39 is 0 Å². The molecule has 1 heterocycles. The molecule has 0 aromatic carbocycles. The van der Waals surface area contributed by atoms with Crippen LogP contribution in [0.5, 0.6) is 0 Å². The summed E-state index contributed by atoms with van der Waals surface area (Å²) in [6.45, 7) is 0. The van der Waals surface area contributed by atoms with Gasteiger partial charge in [-0.3, -0.25) is 0 Å². The Morgan fingerprint density at radius 2 is 1.46 bits per heavy atom. The first kappa shape index (κ1) is 13.9. The molecule has 1 aliphatic carbocycles. The van der Waals surface area contributed by atoms with E-state index >= 15 is 0 Å². The van der Waals surface area contributed by atoms with Gasteiger partial charge in [0.15, 0.2) is 0 Å². The largest absolute Gasteiger partial charge is 0.358 e. The maximum atomic E-state index is 2.50. The van der Waals surface area contributed by atoms with E-state index in [9.17, 15) is 0 Å². The first-order chi connectivity index (χ1) is 5.47. The number of rotatable bonds is 0. The normalized spacial score (nSPS) is 21.5. The molecule has 0 aromatic rings. The van der Waals surface area contributed by atoms with Gasteiger partial charge in [0.25, 0.3) is 0 Å².